The molecule has 0 aromatic heterocycles. The molecule has 1 amide bonds. The number of ketones is 1. The Hall–Kier alpha value is -1.95. The van der Waals surface area contributed by atoms with Crippen LogP contribution in [0.25, 0.3) is 0 Å². The molecule has 0 heterocycles. The van der Waals surface area contributed by atoms with Gasteiger partial charge in [0.05, 0.1) is 5.56 Å². The largest absolute Gasteiger partial charge is 0.483 e. The van der Waals surface area contributed by atoms with Gasteiger partial charge in [-0.2, -0.15) is 0 Å². The molecule has 0 saturated heterocycles. The van der Waals surface area contributed by atoms with Crippen LogP contribution in [0.2, 0.25) is 0 Å². The summed E-state index contributed by atoms with van der Waals surface area (Å²) in [5.41, 5.74) is 0.122. The number of hydrogen-bond donors (Lipinski definition) is 1. The van der Waals surface area contributed by atoms with Gasteiger partial charge in [0.15, 0.2) is 12.4 Å². The molecule has 0 radical (unpaired) electrons. The van der Waals surface area contributed by atoms with E-state index < -0.39 is 5.82 Å². The minimum Gasteiger partial charge on any atom is -0.483 e. The van der Waals surface area contributed by atoms with Crippen molar-refractivity contribution in [3.05, 3.63) is 29.6 Å². The van der Waals surface area contributed by atoms with Crippen molar-refractivity contribution in [3.8, 4) is 5.75 Å². The molecule has 0 aliphatic heterocycles. The smallest absolute Gasteiger partial charge is 0.257 e. The van der Waals surface area contributed by atoms with E-state index in [4.69, 9.17) is 9.47 Å². The number of benzene rings is 1. The highest BCUT2D eigenvalue weighted by atomic mass is 19.1. The van der Waals surface area contributed by atoms with E-state index >= 15 is 0 Å². The Bertz CT molecular complexity index is 476. The predicted octanol–water partition coefficient (Wildman–Crippen LogP) is 1.56. The lowest BCUT2D eigenvalue weighted by Crippen LogP contribution is -2.30. The molecule has 0 bridgehead atoms. The first-order valence-corrected chi connectivity index (χ1v) is 6.23. The van der Waals surface area contributed by atoms with E-state index in [0.29, 0.717) is 19.6 Å². The van der Waals surface area contributed by atoms with E-state index in [2.05, 4.69) is 5.32 Å². The topological polar surface area (TPSA) is 64.6 Å². The summed E-state index contributed by atoms with van der Waals surface area (Å²) in [6, 6.07) is 3.61. The molecule has 6 heteroatoms. The number of nitrogens with one attached hydrogen (secondary N) is 1. The van der Waals surface area contributed by atoms with E-state index in [1.807, 2.05) is 0 Å². The van der Waals surface area contributed by atoms with Gasteiger partial charge in [0.25, 0.3) is 5.91 Å². The van der Waals surface area contributed by atoms with Crippen LogP contribution in [-0.2, 0) is 9.53 Å². The lowest BCUT2D eigenvalue weighted by Gasteiger charge is -2.10. The quantitative estimate of drug-likeness (QED) is 0.581. The second-order valence-electron chi connectivity index (χ2n) is 4.18. The highest BCUT2D eigenvalue weighted by Crippen LogP contribution is 2.20. The summed E-state index contributed by atoms with van der Waals surface area (Å²) in [7, 11) is 1.59. The summed E-state index contributed by atoms with van der Waals surface area (Å²) >= 11 is 0. The highest BCUT2D eigenvalue weighted by Gasteiger charge is 2.11. The van der Waals surface area contributed by atoms with Gasteiger partial charge in [-0.1, -0.05) is 0 Å². The van der Waals surface area contributed by atoms with Gasteiger partial charge in [0, 0.05) is 20.3 Å². The standard InChI is InChI=1S/C14H18FNO4/c1-10(17)12-8-11(15)4-5-13(12)20-9-14(18)16-6-3-7-19-2/h4-5,8H,3,6-7,9H2,1-2H3,(H,16,18). The van der Waals surface area contributed by atoms with Crippen LogP contribution >= 0.6 is 0 Å². The van der Waals surface area contributed by atoms with Gasteiger partial charge in [0.2, 0.25) is 0 Å². The van der Waals surface area contributed by atoms with Crippen molar-refractivity contribution < 1.29 is 23.5 Å². The van der Waals surface area contributed by atoms with Gasteiger partial charge in [-0.3, -0.25) is 9.59 Å². The zero-order valence-corrected chi connectivity index (χ0v) is 11.6. The van der Waals surface area contributed by atoms with Gasteiger partial charge >= 0.3 is 0 Å². The monoisotopic (exact) mass is 283 g/mol. The normalized spacial score (nSPS) is 10.2. The molecule has 0 fully saturated rings. The molecular formula is C14H18FNO4. The molecular weight excluding hydrogens is 265 g/mol. The van der Waals surface area contributed by atoms with Crippen LogP contribution < -0.4 is 10.1 Å². The molecule has 5 nitrogen and oxygen atoms in total. The van der Waals surface area contributed by atoms with Crippen LogP contribution in [-0.4, -0.2) is 38.6 Å². The number of carbonyl (C=O) groups is 2. The van der Waals surface area contributed by atoms with E-state index in [1.54, 1.807) is 7.11 Å². The molecule has 0 aliphatic carbocycles. The second-order valence-corrected chi connectivity index (χ2v) is 4.18. The van der Waals surface area contributed by atoms with E-state index in [-0.39, 0.29) is 29.6 Å². The molecule has 1 rings (SSSR count). The van der Waals surface area contributed by atoms with Crippen molar-refractivity contribution in [2.75, 3.05) is 26.9 Å². The Labute approximate surface area is 117 Å². The van der Waals surface area contributed by atoms with Crippen molar-refractivity contribution in [1.29, 1.82) is 0 Å². The zero-order valence-electron chi connectivity index (χ0n) is 11.6. The SMILES string of the molecule is COCCCNC(=O)COc1ccc(F)cc1C(C)=O. The molecule has 20 heavy (non-hydrogen) atoms. The summed E-state index contributed by atoms with van der Waals surface area (Å²) in [6.07, 6.45) is 0.706. The molecule has 1 aromatic carbocycles. The first kappa shape index (κ1) is 16.1. The number of methoxy groups -OCH3 is 1. The Morgan fingerprint density at radius 2 is 2.10 bits per heavy atom. The first-order valence-electron chi connectivity index (χ1n) is 6.23. The summed E-state index contributed by atoms with van der Waals surface area (Å²) < 4.78 is 23.1. The number of halogens is 1. The van der Waals surface area contributed by atoms with Crippen molar-refractivity contribution in [1.82, 2.24) is 5.32 Å². The van der Waals surface area contributed by atoms with Gasteiger partial charge in [-0.05, 0) is 31.5 Å². The van der Waals surface area contributed by atoms with Crippen LogP contribution in [0.3, 0.4) is 0 Å². The fourth-order valence-corrected chi connectivity index (χ4v) is 1.54. The number of hydrogen-bond acceptors (Lipinski definition) is 4. The van der Waals surface area contributed by atoms with Gasteiger partial charge < -0.3 is 14.8 Å². The molecule has 1 N–H and O–H groups in total. The average molecular weight is 283 g/mol. The zero-order chi connectivity index (χ0) is 15.0. The molecule has 0 unspecified atom stereocenters. The Kier molecular flexibility index (Phi) is 6.66. The van der Waals surface area contributed by atoms with Crippen molar-refractivity contribution in [3.63, 3.8) is 0 Å². The Morgan fingerprint density at radius 3 is 2.75 bits per heavy atom. The van der Waals surface area contributed by atoms with E-state index in [1.165, 1.54) is 19.1 Å². The maximum atomic E-state index is 13.0. The first-order chi connectivity index (χ1) is 9.54. The van der Waals surface area contributed by atoms with E-state index in [9.17, 15) is 14.0 Å². The number of amides is 1. The molecule has 0 atom stereocenters. The van der Waals surface area contributed by atoms with Gasteiger partial charge in [-0.15, -0.1) is 0 Å². The molecule has 0 spiro atoms. The average Bonchev–Trinajstić information content (AvgIpc) is 2.42. The van der Waals surface area contributed by atoms with Crippen LogP contribution in [0.4, 0.5) is 4.39 Å². The molecule has 0 aliphatic rings. The van der Waals surface area contributed by atoms with Crippen LogP contribution in [0.5, 0.6) is 5.75 Å². The lowest BCUT2D eigenvalue weighted by molar-refractivity contribution is -0.123. The molecule has 1 aromatic rings. The number of Topliss-reactive ketones (excluding diaryl/α,β-unsaturated/α-hetero) is 1. The van der Waals surface area contributed by atoms with Crippen molar-refractivity contribution in [2.45, 2.75) is 13.3 Å². The Morgan fingerprint density at radius 1 is 1.35 bits per heavy atom. The number of carbonyl (C=O) groups excluding carboxylic acids is 2. The van der Waals surface area contributed by atoms with Gasteiger partial charge in [0.1, 0.15) is 11.6 Å². The lowest BCUT2D eigenvalue weighted by atomic mass is 10.1. The molecule has 0 saturated carbocycles. The van der Waals surface area contributed by atoms with Crippen molar-refractivity contribution >= 4 is 11.7 Å². The summed E-state index contributed by atoms with van der Waals surface area (Å²) in [5.74, 6) is -0.947. The van der Waals surface area contributed by atoms with Crippen molar-refractivity contribution in [2.24, 2.45) is 0 Å². The van der Waals surface area contributed by atoms with Crippen LogP contribution in [0.15, 0.2) is 18.2 Å². The number of ether oxygens (including phenoxy) is 2. The summed E-state index contributed by atoms with van der Waals surface area (Å²) in [4.78, 5) is 22.8. The maximum Gasteiger partial charge on any atom is 0.257 e. The second kappa shape index (κ2) is 8.27. The highest BCUT2D eigenvalue weighted by molar-refractivity contribution is 5.96. The maximum absolute atomic E-state index is 13.0. The summed E-state index contributed by atoms with van der Waals surface area (Å²) in [5, 5.41) is 2.64. The third-order valence-corrected chi connectivity index (χ3v) is 2.53. The fourth-order valence-electron chi connectivity index (χ4n) is 1.54. The van der Waals surface area contributed by atoms with Crippen LogP contribution in [0.1, 0.15) is 23.7 Å². The fraction of sp³-hybridized carbons (Fsp3) is 0.429. The minimum absolute atomic E-state index is 0.122. The minimum atomic E-state index is -0.522. The summed E-state index contributed by atoms with van der Waals surface area (Å²) in [6.45, 7) is 2.14. The molecule has 110 valence electrons. The van der Waals surface area contributed by atoms with E-state index in [0.717, 1.165) is 6.07 Å². The number of rotatable bonds is 8. The van der Waals surface area contributed by atoms with Gasteiger partial charge in [-0.25, -0.2) is 4.39 Å². The Balaban J connectivity index is 2.49. The van der Waals surface area contributed by atoms with Crippen LogP contribution in [0, 0.1) is 5.82 Å². The predicted molar refractivity (Wildman–Crippen MR) is 71.4 cm³/mol. The third kappa shape index (κ3) is 5.36. The third-order valence-electron chi connectivity index (χ3n) is 2.53.